The SMILES string of the molecule is CCOC(=O)C1=C(c2ccccc2)NC(SC)=C(C#N)[C@@H]1c1ccccc1OC(F)F. The quantitative estimate of drug-likeness (QED) is 0.606. The van der Waals surface area contributed by atoms with E-state index in [1.807, 2.05) is 30.3 Å². The summed E-state index contributed by atoms with van der Waals surface area (Å²) in [6, 6.07) is 17.4. The molecular formula is C23H20F2N2O3S. The minimum Gasteiger partial charge on any atom is -0.463 e. The molecular weight excluding hydrogens is 422 g/mol. The fourth-order valence-electron chi connectivity index (χ4n) is 3.44. The van der Waals surface area contributed by atoms with Crippen LogP contribution in [0.3, 0.4) is 0 Å². The van der Waals surface area contributed by atoms with Crippen LogP contribution in [0.5, 0.6) is 5.75 Å². The van der Waals surface area contributed by atoms with Crippen molar-refractivity contribution in [3.05, 3.63) is 81.9 Å². The Hall–Kier alpha value is -3.31. The maximum atomic E-state index is 13.1. The summed E-state index contributed by atoms with van der Waals surface area (Å²) < 4.78 is 36.2. The molecule has 3 rings (SSSR count). The van der Waals surface area contributed by atoms with Gasteiger partial charge >= 0.3 is 12.6 Å². The van der Waals surface area contributed by atoms with Gasteiger partial charge in [-0.2, -0.15) is 14.0 Å². The molecule has 2 aromatic rings. The van der Waals surface area contributed by atoms with Crippen LogP contribution in [0, 0.1) is 11.3 Å². The average molecular weight is 442 g/mol. The molecule has 0 radical (unpaired) electrons. The Bertz CT molecular complexity index is 1060. The molecule has 160 valence electrons. The van der Waals surface area contributed by atoms with Gasteiger partial charge in [-0.05, 0) is 24.8 Å². The Morgan fingerprint density at radius 3 is 2.48 bits per heavy atom. The molecule has 1 aliphatic heterocycles. The summed E-state index contributed by atoms with van der Waals surface area (Å²) in [5, 5.41) is 13.7. The molecule has 1 aliphatic rings. The molecule has 2 aromatic carbocycles. The molecule has 0 fully saturated rings. The van der Waals surface area contributed by atoms with Crippen molar-refractivity contribution in [2.75, 3.05) is 12.9 Å². The molecule has 31 heavy (non-hydrogen) atoms. The molecule has 0 unspecified atom stereocenters. The van der Waals surface area contributed by atoms with E-state index >= 15 is 0 Å². The fourth-order valence-corrected chi connectivity index (χ4v) is 4.03. The zero-order chi connectivity index (χ0) is 22.4. The largest absolute Gasteiger partial charge is 0.463 e. The topological polar surface area (TPSA) is 71.3 Å². The van der Waals surface area contributed by atoms with Crippen molar-refractivity contribution in [2.45, 2.75) is 19.5 Å². The third-order valence-corrected chi connectivity index (χ3v) is 5.39. The van der Waals surface area contributed by atoms with Gasteiger partial charge in [0, 0.05) is 5.56 Å². The molecule has 0 saturated heterocycles. The highest BCUT2D eigenvalue weighted by atomic mass is 32.2. The van der Waals surface area contributed by atoms with Gasteiger partial charge in [0.25, 0.3) is 0 Å². The van der Waals surface area contributed by atoms with Gasteiger partial charge in [0.05, 0.1) is 40.5 Å². The first-order valence-corrected chi connectivity index (χ1v) is 10.7. The molecule has 8 heteroatoms. The second kappa shape index (κ2) is 10.1. The summed E-state index contributed by atoms with van der Waals surface area (Å²) in [5.74, 6) is -1.69. The number of nitrogens with zero attached hydrogens (tertiary/aromatic N) is 1. The van der Waals surface area contributed by atoms with Crippen LogP contribution in [0.1, 0.15) is 24.0 Å². The molecule has 5 nitrogen and oxygen atoms in total. The number of nitriles is 1. The number of hydrogen-bond donors (Lipinski definition) is 1. The lowest BCUT2D eigenvalue weighted by atomic mass is 9.81. The number of esters is 1. The van der Waals surface area contributed by atoms with Crippen LogP contribution in [-0.4, -0.2) is 25.4 Å². The normalized spacial score (nSPS) is 16.1. The standard InChI is InChI=1S/C23H20F2N2O3S/c1-3-29-22(28)19-18(15-11-7-8-12-17(15)30-23(24)25)16(13-26)21(31-2)27-20(19)14-9-5-4-6-10-14/h4-12,18,23,27H,3H2,1-2H3/t18-/m0/s1. The van der Waals surface area contributed by atoms with E-state index in [0.29, 0.717) is 16.3 Å². The number of alkyl halides is 2. The van der Waals surface area contributed by atoms with Gasteiger partial charge in [0.1, 0.15) is 5.75 Å². The fraction of sp³-hybridized carbons (Fsp3) is 0.217. The first kappa shape index (κ1) is 22.4. The zero-order valence-electron chi connectivity index (χ0n) is 16.9. The number of thioether (sulfide) groups is 1. The maximum Gasteiger partial charge on any atom is 0.387 e. The van der Waals surface area contributed by atoms with Gasteiger partial charge in [0.2, 0.25) is 0 Å². The van der Waals surface area contributed by atoms with Gasteiger partial charge in [0.15, 0.2) is 0 Å². The van der Waals surface area contributed by atoms with E-state index in [4.69, 9.17) is 9.47 Å². The van der Waals surface area contributed by atoms with E-state index in [1.54, 1.807) is 31.4 Å². The van der Waals surface area contributed by atoms with Crippen molar-refractivity contribution in [1.82, 2.24) is 5.32 Å². The summed E-state index contributed by atoms with van der Waals surface area (Å²) in [7, 11) is 0. The van der Waals surface area contributed by atoms with Crippen LogP contribution >= 0.6 is 11.8 Å². The van der Waals surface area contributed by atoms with E-state index < -0.39 is 18.5 Å². The van der Waals surface area contributed by atoms with Crippen LogP contribution in [0.25, 0.3) is 5.70 Å². The summed E-state index contributed by atoms with van der Waals surface area (Å²) >= 11 is 1.29. The van der Waals surface area contributed by atoms with Crippen molar-refractivity contribution < 1.29 is 23.0 Å². The average Bonchev–Trinajstić information content (AvgIpc) is 2.78. The zero-order valence-corrected chi connectivity index (χ0v) is 17.7. The predicted octanol–water partition coefficient (Wildman–Crippen LogP) is 5.05. The number of halogens is 2. The van der Waals surface area contributed by atoms with Gasteiger partial charge in [-0.3, -0.25) is 0 Å². The summed E-state index contributed by atoms with van der Waals surface area (Å²) in [4.78, 5) is 13.1. The van der Waals surface area contributed by atoms with E-state index in [9.17, 15) is 18.8 Å². The molecule has 0 saturated carbocycles. The van der Waals surface area contributed by atoms with E-state index in [-0.39, 0.29) is 29.1 Å². The van der Waals surface area contributed by atoms with Gasteiger partial charge in [-0.25, -0.2) is 4.79 Å². The van der Waals surface area contributed by atoms with Gasteiger partial charge in [-0.1, -0.05) is 48.5 Å². The Balaban J connectivity index is 2.33. The smallest absolute Gasteiger partial charge is 0.387 e. The number of nitrogens with one attached hydrogen (secondary N) is 1. The highest BCUT2D eigenvalue weighted by molar-refractivity contribution is 8.02. The minimum atomic E-state index is -3.05. The van der Waals surface area contributed by atoms with Gasteiger partial charge < -0.3 is 14.8 Å². The number of para-hydroxylation sites is 1. The molecule has 0 bridgehead atoms. The van der Waals surface area contributed by atoms with E-state index in [0.717, 1.165) is 0 Å². The molecule has 1 atom stereocenters. The number of hydrogen-bond acceptors (Lipinski definition) is 6. The number of ether oxygens (including phenoxy) is 2. The van der Waals surface area contributed by atoms with Crippen LogP contribution in [0.4, 0.5) is 8.78 Å². The van der Waals surface area contributed by atoms with Crippen molar-refractivity contribution in [1.29, 1.82) is 5.26 Å². The van der Waals surface area contributed by atoms with Gasteiger partial charge in [-0.15, -0.1) is 11.8 Å². The summed E-state index contributed by atoms with van der Waals surface area (Å²) in [6.07, 6.45) is 1.79. The molecule has 0 aromatic heterocycles. The van der Waals surface area contributed by atoms with E-state index in [2.05, 4.69) is 11.4 Å². The van der Waals surface area contributed by atoms with Crippen LogP contribution in [0.2, 0.25) is 0 Å². The number of rotatable bonds is 7. The second-order valence-electron chi connectivity index (χ2n) is 6.41. The highest BCUT2D eigenvalue weighted by Crippen LogP contribution is 2.45. The lowest BCUT2D eigenvalue weighted by Gasteiger charge is -2.31. The molecule has 1 N–H and O–H groups in total. The van der Waals surface area contributed by atoms with Crippen LogP contribution < -0.4 is 10.1 Å². The highest BCUT2D eigenvalue weighted by Gasteiger charge is 2.38. The second-order valence-corrected chi connectivity index (χ2v) is 7.22. The third-order valence-electron chi connectivity index (χ3n) is 4.66. The van der Waals surface area contributed by atoms with Crippen LogP contribution in [-0.2, 0) is 9.53 Å². The summed E-state index contributed by atoms with van der Waals surface area (Å²) in [6.45, 7) is -1.26. The number of dihydropyridines is 1. The minimum absolute atomic E-state index is 0.105. The predicted molar refractivity (Wildman–Crippen MR) is 115 cm³/mol. The van der Waals surface area contributed by atoms with Crippen molar-refractivity contribution in [3.63, 3.8) is 0 Å². The summed E-state index contributed by atoms with van der Waals surface area (Å²) in [5.41, 5.74) is 1.82. The Kier molecular flexibility index (Phi) is 7.32. The lowest BCUT2D eigenvalue weighted by molar-refractivity contribution is -0.138. The number of benzene rings is 2. The Labute approximate surface area is 183 Å². The first-order valence-electron chi connectivity index (χ1n) is 9.47. The monoisotopic (exact) mass is 442 g/mol. The molecule has 0 spiro atoms. The van der Waals surface area contributed by atoms with Crippen molar-refractivity contribution in [2.24, 2.45) is 0 Å². The van der Waals surface area contributed by atoms with Crippen LogP contribution in [0.15, 0.2) is 70.8 Å². The number of allylic oxidation sites excluding steroid dienone is 1. The molecule has 0 aliphatic carbocycles. The third kappa shape index (κ3) is 4.72. The Morgan fingerprint density at radius 1 is 1.19 bits per heavy atom. The van der Waals surface area contributed by atoms with Crippen molar-refractivity contribution >= 4 is 23.4 Å². The number of carbonyl (C=O) groups is 1. The van der Waals surface area contributed by atoms with Crippen molar-refractivity contribution in [3.8, 4) is 11.8 Å². The van der Waals surface area contributed by atoms with E-state index in [1.165, 1.54) is 17.8 Å². The Morgan fingerprint density at radius 2 is 1.87 bits per heavy atom. The number of carbonyl (C=O) groups excluding carboxylic acids is 1. The first-order chi connectivity index (χ1) is 15.0. The lowest BCUT2D eigenvalue weighted by Crippen LogP contribution is -2.29. The molecule has 0 amide bonds. The maximum absolute atomic E-state index is 13.1. The molecule has 1 heterocycles.